The van der Waals surface area contributed by atoms with Crippen molar-refractivity contribution in [2.24, 2.45) is 0 Å². The molecule has 3 aliphatic carbocycles. The van der Waals surface area contributed by atoms with E-state index in [-0.39, 0.29) is 37.7 Å². The molecule has 32 heavy (non-hydrogen) atoms. The molecule has 0 radical (unpaired) electrons. The van der Waals surface area contributed by atoms with Gasteiger partial charge in [0, 0.05) is 17.0 Å². The quantitative estimate of drug-likeness (QED) is 0.484. The van der Waals surface area contributed by atoms with Crippen LogP contribution in [0.15, 0.2) is 107 Å². The molecule has 0 aliphatic heterocycles. The van der Waals surface area contributed by atoms with Crippen LogP contribution in [0.25, 0.3) is 6.08 Å². The Morgan fingerprint density at radius 1 is 0.688 bits per heavy atom. The number of allylic oxidation sites excluding steroid dienone is 9. The Morgan fingerprint density at radius 3 is 2.09 bits per heavy atom. The van der Waals surface area contributed by atoms with Crippen LogP contribution in [-0.2, 0) is 0 Å². The van der Waals surface area contributed by atoms with Crippen molar-refractivity contribution < 1.29 is 0 Å². The summed E-state index contributed by atoms with van der Waals surface area (Å²) in [7, 11) is -1.75. The van der Waals surface area contributed by atoms with Crippen molar-refractivity contribution in [3.8, 4) is 0 Å². The molecule has 0 amide bonds. The SMILES string of the molecule is CC1=CC2=C(C=CC=CC2c2ccccc2)C1[Si](C)(C)C1C(C)=Cc2ccccc21.[LiH].[LiH]. The fourth-order valence-corrected chi connectivity index (χ4v) is 11.3. The van der Waals surface area contributed by atoms with Crippen molar-refractivity contribution in [1.29, 1.82) is 0 Å². The van der Waals surface area contributed by atoms with Crippen LogP contribution in [0.4, 0.5) is 0 Å². The Hall–Kier alpha value is -1.45. The van der Waals surface area contributed by atoms with E-state index in [1.54, 1.807) is 22.3 Å². The van der Waals surface area contributed by atoms with Crippen LogP contribution < -0.4 is 0 Å². The van der Waals surface area contributed by atoms with Crippen LogP contribution in [0.1, 0.15) is 42.0 Å². The number of fused-ring (bicyclic) bond motifs is 1. The third-order valence-corrected chi connectivity index (χ3v) is 11.8. The Kier molecular flexibility index (Phi) is 7.72. The van der Waals surface area contributed by atoms with Crippen molar-refractivity contribution >= 4 is 51.9 Å². The number of rotatable bonds is 3. The van der Waals surface area contributed by atoms with Gasteiger partial charge < -0.3 is 0 Å². The third kappa shape index (κ3) is 4.12. The zero-order valence-electron chi connectivity index (χ0n) is 18.4. The summed E-state index contributed by atoms with van der Waals surface area (Å²) in [6.45, 7) is 9.94. The van der Waals surface area contributed by atoms with E-state index in [9.17, 15) is 0 Å². The Bertz CT molecular complexity index is 1150. The Morgan fingerprint density at radius 2 is 1.34 bits per heavy atom. The van der Waals surface area contributed by atoms with Gasteiger partial charge in [-0.1, -0.05) is 115 Å². The first kappa shape index (κ1) is 25.2. The summed E-state index contributed by atoms with van der Waals surface area (Å²) in [5, 5.41) is 0. The van der Waals surface area contributed by atoms with Gasteiger partial charge in [0.1, 0.15) is 0 Å². The first-order chi connectivity index (χ1) is 14.5. The van der Waals surface area contributed by atoms with Crippen LogP contribution in [0.5, 0.6) is 0 Å². The molecule has 2 aromatic rings. The first-order valence-electron chi connectivity index (χ1n) is 11.1. The second kappa shape index (κ2) is 9.81. The van der Waals surface area contributed by atoms with Gasteiger partial charge in [-0.25, -0.2) is 0 Å². The van der Waals surface area contributed by atoms with E-state index < -0.39 is 8.07 Å². The molecule has 0 spiro atoms. The second-order valence-corrected chi connectivity index (χ2v) is 14.4. The molecule has 3 unspecified atom stereocenters. The van der Waals surface area contributed by atoms with Gasteiger partial charge in [-0.3, -0.25) is 0 Å². The summed E-state index contributed by atoms with van der Waals surface area (Å²) in [6, 6.07) is 20.0. The molecule has 0 fully saturated rings. The van der Waals surface area contributed by atoms with Crippen molar-refractivity contribution in [3.05, 3.63) is 124 Å². The van der Waals surface area contributed by atoms with E-state index in [1.807, 2.05) is 0 Å². The van der Waals surface area contributed by atoms with Gasteiger partial charge in [0.05, 0.1) is 8.07 Å². The molecule has 0 nitrogen and oxygen atoms in total. The van der Waals surface area contributed by atoms with Crippen LogP contribution in [-0.4, -0.2) is 45.8 Å². The first-order valence-corrected chi connectivity index (χ1v) is 14.2. The molecular weight excluding hydrogens is 390 g/mol. The van der Waals surface area contributed by atoms with Crippen molar-refractivity contribution in [1.82, 2.24) is 0 Å². The maximum atomic E-state index is 2.61. The molecule has 0 bridgehead atoms. The molecule has 0 aromatic heterocycles. The summed E-state index contributed by atoms with van der Waals surface area (Å²) in [4.78, 5) is 0. The average Bonchev–Trinajstić information content (AvgIpc) is 3.17. The van der Waals surface area contributed by atoms with Crippen LogP contribution >= 0.6 is 0 Å². The van der Waals surface area contributed by atoms with Gasteiger partial charge in [-0.05, 0) is 41.7 Å². The number of benzene rings is 2. The number of hydrogen-bond donors (Lipinski definition) is 0. The maximum absolute atomic E-state index is 2.61. The Balaban J connectivity index is 0.00000144. The van der Waals surface area contributed by atoms with E-state index >= 15 is 0 Å². The van der Waals surface area contributed by atoms with Gasteiger partial charge in [0.25, 0.3) is 0 Å². The standard InChI is InChI=1S/C29H30Si.2Li.2H/c1-20-18-23-14-8-9-16-25(23)28(20)30(3,4)29-21(2)19-27-24(15-10-11-17-26(27)29)22-12-6-5-7-13-22;;;;/h5-19,24,28-29H,1-4H3;;;;. The summed E-state index contributed by atoms with van der Waals surface area (Å²) < 4.78 is 0. The fraction of sp³-hybridized carbons (Fsp3) is 0.241. The van der Waals surface area contributed by atoms with Gasteiger partial charge >= 0.3 is 37.7 Å². The zero-order chi connectivity index (χ0) is 20.9. The Labute approximate surface area is 218 Å². The molecule has 0 heterocycles. The normalized spacial score (nSPS) is 23.4. The van der Waals surface area contributed by atoms with Crippen LogP contribution in [0.2, 0.25) is 18.6 Å². The minimum absolute atomic E-state index is 0. The van der Waals surface area contributed by atoms with Crippen LogP contribution in [0, 0.1) is 0 Å². The molecule has 3 aliphatic rings. The molecule has 2 aromatic carbocycles. The van der Waals surface area contributed by atoms with Crippen LogP contribution in [0.3, 0.4) is 0 Å². The molecule has 5 rings (SSSR count). The van der Waals surface area contributed by atoms with E-state index in [4.69, 9.17) is 0 Å². The molecule has 3 atom stereocenters. The molecule has 3 heteroatoms. The van der Waals surface area contributed by atoms with Crippen molar-refractivity contribution in [3.63, 3.8) is 0 Å². The fourth-order valence-electron chi connectivity index (χ4n) is 6.30. The monoisotopic (exact) mass is 422 g/mol. The van der Waals surface area contributed by atoms with Gasteiger partial charge in [-0.15, -0.1) is 0 Å². The average molecular weight is 423 g/mol. The van der Waals surface area contributed by atoms with Gasteiger partial charge in [0.15, 0.2) is 0 Å². The minimum atomic E-state index is -1.75. The van der Waals surface area contributed by atoms with E-state index in [1.165, 1.54) is 16.7 Å². The topological polar surface area (TPSA) is 0 Å². The second-order valence-electron chi connectivity index (χ2n) is 9.64. The molecule has 0 saturated heterocycles. The predicted molar refractivity (Wildman–Crippen MR) is 147 cm³/mol. The van der Waals surface area contributed by atoms with E-state index in [2.05, 4.69) is 118 Å². The summed E-state index contributed by atoms with van der Waals surface area (Å²) >= 11 is 0. The van der Waals surface area contributed by atoms with E-state index in [0.717, 1.165) is 0 Å². The van der Waals surface area contributed by atoms with E-state index in [0.29, 0.717) is 17.0 Å². The van der Waals surface area contributed by atoms with Crippen molar-refractivity contribution in [2.45, 2.75) is 43.9 Å². The third-order valence-electron chi connectivity index (χ3n) is 7.30. The zero-order valence-corrected chi connectivity index (χ0v) is 19.4. The van der Waals surface area contributed by atoms with Gasteiger partial charge in [0.2, 0.25) is 0 Å². The molecular formula is C29H32Li2Si. The number of hydrogen-bond acceptors (Lipinski definition) is 0. The van der Waals surface area contributed by atoms with Gasteiger partial charge in [-0.2, -0.15) is 0 Å². The summed E-state index contributed by atoms with van der Waals surface area (Å²) in [5.41, 5.74) is 11.6. The predicted octanol–water partition coefficient (Wildman–Crippen LogP) is 6.67. The molecule has 154 valence electrons. The van der Waals surface area contributed by atoms with Crippen molar-refractivity contribution in [2.75, 3.05) is 0 Å². The molecule has 0 N–H and O–H groups in total. The summed E-state index contributed by atoms with van der Waals surface area (Å²) in [6.07, 6.45) is 14.2. The summed E-state index contributed by atoms with van der Waals surface area (Å²) in [5.74, 6) is 0.341. The molecule has 0 saturated carbocycles.